The number of thiophene rings is 1. The van der Waals surface area contributed by atoms with Crippen LogP contribution in [0.2, 0.25) is 0 Å². The lowest BCUT2D eigenvalue weighted by atomic mass is 9.97. The number of nitrogens with one attached hydrogen (secondary N) is 1. The van der Waals surface area contributed by atoms with Crippen LogP contribution in [-0.4, -0.2) is 26.1 Å². The molecular weight excluding hydrogens is 350 g/mol. The summed E-state index contributed by atoms with van der Waals surface area (Å²) in [6.45, 7) is 1.86. The van der Waals surface area contributed by atoms with Crippen LogP contribution < -0.4 is 10.1 Å². The van der Waals surface area contributed by atoms with Crippen LogP contribution in [0.25, 0.3) is 10.8 Å². The zero-order chi connectivity index (χ0) is 18.7. The zero-order valence-corrected chi connectivity index (χ0v) is 15.6. The molecule has 6 heteroatoms. The third-order valence-electron chi connectivity index (χ3n) is 4.20. The highest BCUT2D eigenvalue weighted by Crippen LogP contribution is 2.27. The molecule has 0 fully saturated rings. The smallest absolute Gasteiger partial charge is 0.348 e. The van der Waals surface area contributed by atoms with Gasteiger partial charge in [0.1, 0.15) is 10.6 Å². The summed E-state index contributed by atoms with van der Waals surface area (Å²) in [4.78, 5) is 24.5. The number of amides is 1. The summed E-state index contributed by atoms with van der Waals surface area (Å²) in [5, 5.41) is 5.58. The van der Waals surface area contributed by atoms with Gasteiger partial charge in [0.25, 0.3) is 0 Å². The van der Waals surface area contributed by atoms with Crippen LogP contribution in [0.5, 0.6) is 5.75 Å². The molecule has 0 bridgehead atoms. The fourth-order valence-electron chi connectivity index (χ4n) is 2.64. The van der Waals surface area contributed by atoms with E-state index >= 15 is 0 Å². The van der Waals surface area contributed by atoms with E-state index in [1.807, 2.05) is 43.3 Å². The molecule has 1 heterocycles. The van der Waals surface area contributed by atoms with Crippen molar-refractivity contribution in [3.8, 4) is 5.75 Å². The maximum absolute atomic E-state index is 12.6. The molecule has 0 aliphatic rings. The van der Waals surface area contributed by atoms with Gasteiger partial charge in [-0.3, -0.25) is 4.79 Å². The first-order valence-corrected chi connectivity index (χ1v) is 8.90. The molecule has 0 saturated heterocycles. The number of esters is 1. The molecule has 134 valence electrons. The molecule has 26 heavy (non-hydrogen) atoms. The lowest BCUT2D eigenvalue weighted by Crippen LogP contribution is -2.18. The monoisotopic (exact) mass is 369 g/mol. The molecule has 3 rings (SSSR count). The summed E-state index contributed by atoms with van der Waals surface area (Å²) >= 11 is 1.19. The van der Waals surface area contributed by atoms with Crippen molar-refractivity contribution >= 4 is 39.0 Å². The summed E-state index contributed by atoms with van der Waals surface area (Å²) in [6, 6.07) is 15.1. The molecule has 1 aromatic heterocycles. The summed E-state index contributed by atoms with van der Waals surface area (Å²) < 4.78 is 9.91. The Balaban J connectivity index is 1.76. The van der Waals surface area contributed by atoms with Crippen molar-refractivity contribution in [1.29, 1.82) is 0 Å². The zero-order valence-electron chi connectivity index (χ0n) is 14.7. The van der Waals surface area contributed by atoms with Gasteiger partial charge in [-0.15, -0.1) is 11.3 Å². The van der Waals surface area contributed by atoms with Gasteiger partial charge >= 0.3 is 5.97 Å². The largest absolute Gasteiger partial charge is 0.497 e. The van der Waals surface area contributed by atoms with Crippen LogP contribution in [-0.2, 0) is 9.53 Å². The van der Waals surface area contributed by atoms with Gasteiger partial charge in [0.2, 0.25) is 5.91 Å². The molecule has 0 unspecified atom stereocenters. The average molecular weight is 369 g/mol. The van der Waals surface area contributed by atoms with Crippen LogP contribution in [0.4, 0.5) is 5.00 Å². The Bertz CT molecular complexity index is 963. The molecule has 1 N–H and O–H groups in total. The van der Waals surface area contributed by atoms with Gasteiger partial charge in [0, 0.05) is 0 Å². The molecule has 0 saturated carbocycles. The van der Waals surface area contributed by atoms with Gasteiger partial charge in [-0.25, -0.2) is 4.79 Å². The highest BCUT2D eigenvalue weighted by molar-refractivity contribution is 7.18. The van der Waals surface area contributed by atoms with Gasteiger partial charge in [0.15, 0.2) is 0 Å². The number of anilines is 1. The Morgan fingerprint density at radius 3 is 2.46 bits per heavy atom. The van der Waals surface area contributed by atoms with Gasteiger partial charge < -0.3 is 14.8 Å². The van der Waals surface area contributed by atoms with Crippen molar-refractivity contribution in [1.82, 2.24) is 0 Å². The fraction of sp³-hybridized carbons (Fsp3) is 0.200. The Labute approximate surface area is 155 Å². The number of hydrogen-bond acceptors (Lipinski definition) is 5. The highest BCUT2D eigenvalue weighted by Gasteiger charge is 2.17. The molecule has 5 nitrogen and oxygen atoms in total. The van der Waals surface area contributed by atoms with Crippen molar-refractivity contribution in [3.05, 3.63) is 59.0 Å². The lowest BCUT2D eigenvalue weighted by Gasteiger charge is -2.13. The quantitative estimate of drug-likeness (QED) is 0.675. The van der Waals surface area contributed by atoms with Crippen molar-refractivity contribution in [3.63, 3.8) is 0 Å². The number of fused-ring (bicyclic) bond motifs is 1. The Hall–Kier alpha value is -2.86. The minimum absolute atomic E-state index is 0.129. The van der Waals surface area contributed by atoms with E-state index in [1.165, 1.54) is 18.4 Å². The number of carbonyl (C=O) groups excluding carboxylic acids is 2. The van der Waals surface area contributed by atoms with Crippen LogP contribution >= 0.6 is 11.3 Å². The van der Waals surface area contributed by atoms with Crippen molar-refractivity contribution in [2.24, 2.45) is 0 Å². The number of carbonyl (C=O) groups is 2. The second-order valence-corrected chi connectivity index (χ2v) is 6.92. The Morgan fingerprint density at radius 1 is 1.00 bits per heavy atom. The van der Waals surface area contributed by atoms with E-state index in [1.54, 1.807) is 19.2 Å². The molecule has 2 aromatic carbocycles. The molecular formula is C20H19NO4S. The molecule has 3 aromatic rings. The van der Waals surface area contributed by atoms with E-state index in [9.17, 15) is 9.59 Å². The van der Waals surface area contributed by atoms with E-state index in [2.05, 4.69) is 10.1 Å². The first-order chi connectivity index (χ1) is 12.5. The first-order valence-electron chi connectivity index (χ1n) is 8.08. The van der Waals surface area contributed by atoms with Crippen LogP contribution in [0.1, 0.15) is 28.1 Å². The standard InChI is InChI=1S/C20H19NO4S/c1-12(19(22)21-18-9-8-17(26-18)20(23)25-3)13-4-5-15-11-16(24-2)7-6-14(15)10-13/h4-12H,1-3H3,(H,21,22)/t12-/m0/s1. The molecule has 0 aliphatic heterocycles. The van der Waals surface area contributed by atoms with Gasteiger partial charge in [-0.1, -0.05) is 24.3 Å². The summed E-state index contributed by atoms with van der Waals surface area (Å²) in [5.41, 5.74) is 0.921. The topological polar surface area (TPSA) is 64.6 Å². The summed E-state index contributed by atoms with van der Waals surface area (Å²) in [5.74, 6) is -0.0649. The molecule has 1 atom stereocenters. The lowest BCUT2D eigenvalue weighted by molar-refractivity contribution is -0.117. The molecule has 0 radical (unpaired) electrons. The van der Waals surface area contributed by atoms with Gasteiger partial charge in [0.05, 0.1) is 25.1 Å². The molecule has 0 aliphatic carbocycles. The summed E-state index contributed by atoms with van der Waals surface area (Å²) in [7, 11) is 2.97. The van der Waals surface area contributed by atoms with Gasteiger partial charge in [-0.2, -0.15) is 0 Å². The molecule has 1 amide bonds. The van der Waals surface area contributed by atoms with Crippen molar-refractivity contribution < 1.29 is 19.1 Å². The maximum atomic E-state index is 12.6. The predicted molar refractivity (Wildman–Crippen MR) is 103 cm³/mol. The minimum atomic E-state index is -0.409. The van der Waals surface area contributed by atoms with Crippen LogP contribution in [0.3, 0.4) is 0 Å². The second kappa shape index (κ2) is 7.58. The van der Waals surface area contributed by atoms with E-state index in [4.69, 9.17) is 4.74 Å². The van der Waals surface area contributed by atoms with E-state index < -0.39 is 5.97 Å². The predicted octanol–water partition coefficient (Wildman–Crippen LogP) is 4.44. The highest BCUT2D eigenvalue weighted by atomic mass is 32.1. The first kappa shape index (κ1) is 17.9. The molecule has 0 spiro atoms. The maximum Gasteiger partial charge on any atom is 0.348 e. The number of methoxy groups -OCH3 is 2. The fourth-order valence-corrected chi connectivity index (χ4v) is 3.46. The Morgan fingerprint density at radius 2 is 1.73 bits per heavy atom. The minimum Gasteiger partial charge on any atom is -0.497 e. The second-order valence-electron chi connectivity index (χ2n) is 5.84. The normalized spacial score (nSPS) is 11.8. The van der Waals surface area contributed by atoms with E-state index in [0.717, 1.165) is 22.1 Å². The van der Waals surface area contributed by atoms with Gasteiger partial charge in [-0.05, 0) is 47.5 Å². The third kappa shape index (κ3) is 3.70. The van der Waals surface area contributed by atoms with Crippen LogP contribution in [0, 0.1) is 0 Å². The number of hydrogen-bond donors (Lipinski definition) is 1. The third-order valence-corrected chi connectivity index (χ3v) is 5.18. The van der Waals surface area contributed by atoms with Crippen molar-refractivity contribution in [2.45, 2.75) is 12.8 Å². The number of rotatable bonds is 5. The van der Waals surface area contributed by atoms with E-state index in [0.29, 0.717) is 9.88 Å². The van der Waals surface area contributed by atoms with E-state index in [-0.39, 0.29) is 11.8 Å². The van der Waals surface area contributed by atoms with Crippen molar-refractivity contribution in [2.75, 3.05) is 19.5 Å². The number of benzene rings is 2. The van der Waals surface area contributed by atoms with Crippen LogP contribution in [0.15, 0.2) is 48.5 Å². The average Bonchev–Trinajstić information content (AvgIpc) is 3.14. The Kier molecular flexibility index (Phi) is 5.23. The number of ether oxygens (including phenoxy) is 2. The summed E-state index contributed by atoms with van der Waals surface area (Å²) in [6.07, 6.45) is 0. The SMILES string of the molecule is COC(=O)c1ccc(NC(=O)[C@@H](C)c2ccc3cc(OC)ccc3c2)s1.